The van der Waals surface area contributed by atoms with E-state index in [9.17, 15) is 9.59 Å². The van der Waals surface area contributed by atoms with E-state index in [0.717, 1.165) is 29.3 Å². The van der Waals surface area contributed by atoms with E-state index in [-0.39, 0.29) is 18.0 Å². The smallest absolute Gasteiger partial charge is 0.267 e. The number of carbonyl (C=O) groups is 1. The number of benzene rings is 1. The van der Waals surface area contributed by atoms with Gasteiger partial charge in [0.25, 0.3) is 11.5 Å². The van der Waals surface area contributed by atoms with Gasteiger partial charge >= 0.3 is 0 Å². The second kappa shape index (κ2) is 11.3. The molecule has 10 heteroatoms. The number of ether oxygens (including phenoxy) is 1. The van der Waals surface area contributed by atoms with E-state index >= 15 is 0 Å². The summed E-state index contributed by atoms with van der Waals surface area (Å²) in [6.07, 6.45) is 4.01. The molecule has 2 aromatic heterocycles. The molecule has 0 atom stereocenters. The average Bonchev–Trinajstić information content (AvgIpc) is 3.10. The summed E-state index contributed by atoms with van der Waals surface area (Å²) in [5.74, 6) is 0.160. The quantitative estimate of drug-likeness (QED) is 0.240. The van der Waals surface area contributed by atoms with E-state index in [0.29, 0.717) is 51.0 Å². The molecule has 1 aromatic carbocycles. The van der Waals surface area contributed by atoms with Crippen molar-refractivity contribution in [2.24, 2.45) is 0 Å². The predicted molar refractivity (Wildman–Crippen MR) is 146 cm³/mol. The van der Waals surface area contributed by atoms with Gasteiger partial charge in [0, 0.05) is 31.0 Å². The van der Waals surface area contributed by atoms with Crippen molar-refractivity contribution >= 4 is 63.3 Å². The zero-order valence-electron chi connectivity index (χ0n) is 19.4. The van der Waals surface area contributed by atoms with E-state index in [1.165, 1.54) is 9.30 Å². The zero-order chi connectivity index (χ0) is 24.9. The number of halogens is 1. The van der Waals surface area contributed by atoms with Gasteiger partial charge in [0.05, 0.1) is 17.0 Å². The minimum Gasteiger partial charge on any atom is -0.382 e. The Morgan fingerprint density at radius 1 is 1.23 bits per heavy atom. The number of aromatic nitrogens is 2. The van der Waals surface area contributed by atoms with Gasteiger partial charge in [0.1, 0.15) is 15.8 Å². The molecule has 1 aliphatic rings. The molecule has 1 fully saturated rings. The van der Waals surface area contributed by atoms with Crippen molar-refractivity contribution in [2.45, 2.75) is 26.8 Å². The van der Waals surface area contributed by atoms with Crippen molar-refractivity contribution in [1.29, 1.82) is 0 Å². The third-order valence-electron chi connectivity index (χ3n) is 5.48. The summed E-state index contributed by atoms with van der Waals surface area (Å²) in [5, 5.41) is 3.82. The highest BCUT2D eigenvalue weighted by Crippen LogP contribution is 2.34. The standard InChI is InChI=1S/C25H25ClN4O3S2/c1-3-33-13-7-11-27-21-18(23(31)29-12-6-8-16(2)22(29)28-21)14-20-24(32)30(25(34)35-20)15-17-9-4-5-10-19(17)26/h4-6,8-10,12,14,27H,3,7,11,13,15H2,1-2H3/b20-14+. The fourth-order valence-electron chi connectivity index (χ4n) is 3.67. The molecule has 0 unspecified atom stereocenters. The molecule has 3 aromatic rings. The monoisotopic (exact) mass is 528 g/mol. The molecule has 4 rings (SSSR count). The van der Waals surface area contributed by atoms with Crippen molar-refractivity contribution in [1.82, 2.24) is 14.3 Å². The number of nitrogens with zero attached hydrogens (tertiary/aromatic N) is 3. The number of thiocarbonyl (C=S) groups is 1. The number of aryl methyl sites for hydroxylation is 1. The Morgan fingerprint density at radius 3 is 2.80 bits per heavy atom. The molecule has 0 saturated carbocycles. The van der Waals surface area contributed by atoms with E-state index < -0.39 is 0 Å². The number of hydrogen-bond donors (Lipinski definition) is 1. The Kier molecular flexibility index (Phi) is 8.22. The van der Waals surface area contributed by atoms with Crippen LogP contribution in [-0.2, 0) is 16.1 Å². The Labute approximate surface area is 218 Å². The van der Waals surface area contributed by atoms with Crippen LogP contribution in [0, 0.1) is 6.92 Å². The lowest BCUT2D eigenvalue weighted by Crippen LogP contribution is -2.27. The fraction of sp³-hybridized carbons (Fsp3) is 0.280. The zero-order valence-corrected chi connectivity index (χ0v) is 21.8. The number of rotatable bonds is 9. The second-order valence-electron chi connectivity index (χ2n) is 7.90. The third-order valence-corrected chi connectivity index (χ3v) is 7.23. The predicted octanol–water partition coefficient (Wildman–Crippen LogP) is 4.90. The van der Waals surface area contributed by atoms with Gasteiger partial charge in [-0.2, -0.15) is 0 Å². The molecule has 182 valence electrons. The maximum Gasteiger partial charge on any atom is 0.267 e. The molecule has 7 nitrogen and oxygen atoms in total. The van der Waals surface area contributed by atoms with E-state index in [4.69, 9.17) is 33.5 Å². The number of hydrogen-bond acceptors (Lipinski definition) is 7. The first-order valence-corrected chi connectivity index (χ1v) is 12.8. The molecule has 0 aliphatic carbocycles. The molecule has 3 heterocycles. The Bertz CT molecular complexity index is 1370. The van der Waals surface area contributed by atoms with Crippen LogP contribution in [0.1, 0.15) is 30.0 Å². The maximum absolute atomic E-state index is 13.5. The molecule has 1 N–H and O–H groups in total. The van der Waals surface area contributed by atoms with Gasteiger partial charge in [0.2, 0.25) is 0 Å². The lowest BCUT2D eigenvalue weighted by atomic mass is 10.2. The molecular weight excluding hydrogens is 504 g/mol. The van der Waals surface area contributed by atoms with Crippen LogP contribution in [0.3, 0.4) is 0 Å². The van der Waals surface area contributed by atoms with Crippen LogP contribution in [0.2, 0.25) is 5.02 Å². The van der Waals surface area contributed by atoms with Gasteiger partial charge in [-0.05, 0) is 49.6 Å². The van der Waals surface area contributed by atoms with Gasteiger partial charge < -0.3 is 10.1 Å². The lowest BCUT2D eigenvalue weighted by molar-refractivity contribution is -0.122. The first kappa shape index (κ1) is 25.4. The summed E-state index contributed by atoms with van der Waals surface area (Å²) in [5.41, 5.74) is 2.28. The second-order valence-corrected chi connectivity index (χ2v) is 9.98. The molecule has 0 bridgehead atoms. The van der Waals surface area contributed by atoms with Crippen LogP contribution >= 0.6 is 35.6 Å². The number of amides is 1. The van der Waals surface area contributed by atoms with Crippen LogP contribution in [0.25, 0.3) is 11.7 Å². The summed E-state index contributed by atoms with van der Waals surface area (Å²) in [4.78, 5) is 33.3. The van der Waals surface area contributed by atoms with Gasteiger partial charge in [-0.25, -0.2) is 4.98 Å². The summed E-state index contributed by atoms with van der Waals surface area (Å²) < 4.78 is 7.31. The molecule has 0 spiro atoms. The summed E-state index contributed by atoms with van der Waals surface area (Å²) in [7, 11) is 0. The summed E-state index contributed by atoms with van der Waals surface area (Å²) >= 11 is 12.9. The SMILES string of the molecule is CCOCCCNc1nc2c(C)cccn2c(=O)c1/C=C1/SC(=S)N(Cc2ccccc2Cl)C1=O. The van der Waals surface area contributed by atoms with Crippen LogP contribution in [0.15, 0.2) is 52.3 Å². The van der Waals surface area contributed by atoms with Gasteiger partial charge in [0.15, 0.2) is 0 Å². The maximum atomic E-state index is 13.5. The van der Waals surface area contributed by atoms with Crippen molar-refractivity contribution in [3.8, 4) is 0 Å². The van der Waals surface area contributed by atoms with E-state index in [1.807, 2.05) is 38.1 Å². The first-order valence-electron chi connectivity index (χ1n) is 11.2. The normalized spacial score (nSPS) is 14.9. The average molecular weight is 529 g/mol. The fourth-order valence-corrected chi connectivity index (χ4v) is 5.10. The van der Waals surface area contributed by atoms with Crippen LogP contribution in [0.5, 0.6) is 0 Å². The van der Waals surface area contributed by atoms with Crippen molar-refractivity contribution in [3.05, 3.63) is 79.6 Å². The van der Waals surface area contributed by atoms with Crippen LogP contribution < -0.4 is 10.9 Å². The summed E-state index contributed by atoms with van der Waals surface area (Å²) in [6.45, 7) is 5.94. The first-order chi connectivity index (χ1) is 16.9. The minimum atomic E-state index is -0.268. The van der Waals surface area contributed by atoms with Crippen LogP contribution in [0.4, 0.5) is 5.82 Å². The van der Waals surface area contributed by atoms with E-state index in [2.05, 4.69) is 5.32 Å². The van der Waals surface area contributed by atoms with E-state index in [1.54, 1.807) is 24.4 Å². The highest BCUT2D eigenvalue weighted by atomic mass is 35.5. The van der Waals surface area contributed by atoms with Crippen molar-refractivity contribution in [3.63, 3.8) is 0 Å². The highest BCUT2D eigenvalue weighted by molar-refractivity contribution is 8.26. The Morgan fingerprint density at radius 2 is 2.03 bits per heavy atom. The van der Waals surface area contributed by atoms with Crippen molar-refractivity contribution in [2.75, 3.05) is 25.1 Å². The number of nitrogens with one attached hydrogen (secondary N) is 1. The summed E-state index contributed by atoms with van der Waals surface area (Å²) in [6, 6.07) is 11.0. The molecule has 0 radical (unpaired) electrons. The molecular formula is C25H25ClN4O3S2. The van der Waals surface area contributed by atoms with Gasteiger partial charge in [-0.3, -0.25) is 18.9 Å². The topological polar surface area (TPSA) is 75.9 Å². The number of pyridine rings is 1. The largest absolute Gasteiger partial charge is 0.382 e. The molecule has 35 heavy (non-hydrogen) atoms. The van der Waals surface area contributed by atoms with Crippen LogP contribution in [-0.4, -0.2) is 44.3 Å². The third kappa shape index (κ3) is 5.59. The Balaban J connectivity index is 1.69. The molecule has 1 saturated heterocycles. The number of anilines is 1. The number of thioether (sulfide) groups is 1. The Hall–Kier alpha value is -2.72. The lowest BCUT2D eigenvalue weighted by Gasteiger charge is -2.15. The molecule has 1 amide bonds. The van der Waals surface area contributed by atoms with Crippen molar-refractivity contribution < 1.29 is 9.53 Å². The van der Waals surface area contributed by atoms with Gasteiger partial charge in [-0.1, -0.05) is 59.8 Å². The number of carbonyl (C=O) groups excluding carboxylic acids is 1. The van der Waals surface area contributed by atoms with Gasteiger partial charge in [-0.15, -0.1) is 0 Å². The molecule has 1 aliphatic heterocycles. The minimum absolute atomic E-state index is 0.262. The number of fused-ring (bicyclic) bond motifs is 1. The highest BCUT2D eigenvalue weighted by Gasteiger charge is 2.33.